The minimum absolute atomic E-state index is 0.116. The van der Waals surface area contributed by atoms with E-state index in [1.807, 2.05) is 41.8 Å². The van der Waals surface area contributed by atoms with Gasteiger partial charge in [0.2, 0.25) is 11.8 Å². The smallest absolute Gasteiger partial charge is 0.270 e. The summed E-state index contributed by atoms with van der Waals surface area (Å²) in [6.45, 7) is 5.36. The first kappa shape index (κ1) is 17.9. The zero-order valence-electron chi connectivity index (χ0n) is 16.8. The van der Waals surface area contributed by atoms with Crippen molar-refractivity contribution in [3.8, 4) is 0 Å². The third-order valence-corrected chi connectivity index (χ3v) is 7.23. The van der Waals surface area contributed by atoms with Gasteiger partial charge in [0.15, 0.2) is 0 Å². The number of likely N-dealkylation sites (tertiary alicyclic amines) is 2. The molecule has 3 aliphatic rings. The van der Waals surface area contributed by atoms with Crippen LogP contribution in [0, 0.1) is 12.8 Å². The predicted molar refractivity (Wildman–Crippen MR) is 104 cm³/mol. The van der Waals surface area contributed by atoms with E-state index in [0.717, 1.165) is 44.2 Å². The van der Waals surface area contributed by atoms with E-state index in [-0.39, 0.29) is 11.3 Å². The number of aryl methyl sites for hydroxylation is 2. The Morgan fingerprint density at radius 2 is 2.07 bits per heavy atom. The number of carbonyl (C=O) groups excluding carboxylic acids is 1. The van der Waals surface area contributed by atoms with Crippen molar-refractivity contribution in [3.05, 3.63) is 35.8 Å². The second-order valence-corrected chi connectivity index (χ2v) is 8.85. The molecule has 0 bridgehead atoms. The van der Waals surface area contributed by atoms with Gasteiger partial charge < -0.3 is 13.9 Å². The number of fused-ring (bicyclic) bond motifs is 1. The number of rotatable bonds is 3. The maximum Gasteiger partial charge on any atom is 0.270 e. The van der Waals surface area contributed by atoms with E-state index in [1.54, 1.807) is 0 Å². The molecule has 1 saturated carbocycles. The monoisotopic (exact) mass is 383 g/mol. The van der Waals surface area contributed by atoms with Gasteiger partial charge in [-0.15, -0.1) is 10.2 Å². The highest BCUT2D eigenvalue weighted by atomic mass is 16.4. The fourth-order valence-corrected chi connectivity index (χ4v) is 5.65. The first-order valence-corrected chi connectivity index (χ1v) is 10.5. The number of nitrogens with zero attached hydrogens (tertiary/aromatic N) is 5. The van der Waals surface area contributed by atoms with Crippen LogP contribution in [0.5, 0.6) is 0 Å². The molecular weight excluding hydrogens is 354 g/mol. The Morgan fingerprint density at radius 1 is 1.25 bits per heavy atom. The van der Waals surface area contributed by atoms with Crippen molar-refractivity contribution in [3.63, 3.8) is 0 Å². The van der Waals surface area contributed by atoms with Gasteiger partial charge in [-0.2, -0.15) is 0 Å². The molecule has 2 aliphatic heterocycles. The van der Waals surface area contributed by atoms with Gasteiger partial charge >= 0.3 is 0 Å². The molecule has 7 heteroatoms. The fourth-order valence-electron chi connectivity index (χ4n) is 5.65. The SMILES string of the molecule is Cc1nnc([C@]23CCN(C(=O)c4cccn4C)C[C@H]2CN(C2CCCC2)C3)o1. The summed E-state index contributed by atoms with van der Waals surface area (Å²) in [6.07, 6.45) is 8.06. The van der Waals surface area contributed by atoms with Gasteiger partial charge in [-0.25, -0.2) is 0 Å². The second-order valence-electron chi connectivity index (χ2n) is 8.85. The summed E-state index contributed by atoms with van der Waals surface area (Å²) in [7, 11) is 1.93. The summed E-state index contributed by atoms with van der Waals surface area (Å²) in [4.78, 5) is 17.8. The van der Waals surface area contributed by atoms with Crippen LogP contribution < -0.4 is 0 Å². The molecule has 0 aromatic carbocycles. The van der Waals surface area contributed by atoms with E-state index >= 15 is 0 Å². The van der Waals surface area contributed by atoms with E-state index in [9.17, 15) is 4.79 Å². The fraction of sp³-hybridized carbons (Fsp3) is 0.667. The van der Waals surface area contributed by atoms with E-state index in [1.165, 1.54) is 25.7 Å². The van der Waals surface area contributed by atoms with Crippen LogP contribution in [0.15, 0.2) is 22.7 Å². The zero-order chi connectivity index (χ0) is 19.3. The number of hydrogen-bond acceptors (Lipinski definition) is 5. The van der Waals surface area contributed by atoms with Crippen molar-refractivity contribution in [2.24, 2.45) is 13.0 Å². The number of amides is 1. The molecule has 150 valence electrons. The van der Waals surface area contributed by atoms with Crippen LogP contribution in [-0.4, -0.2) is 62.7 Å². The van der Waals surface area contributed by atoms with Crippen LogP contribution in [0.1, 0.15) is 54.4 Å². The van der Waals surface area contributed by atoms with Crippen molar-refractivity contribution in [1.29, 1.82) is 0 Å². The topological polar surface area (TPSA) is 67.4 Å². The molecule has 2 aromatic heterocycles. The van der Waals surface area contributed by atoms with Crippen LogP contribution in [0.4, 0.5) is 0 Å². The van der Waals surface area contributed by atoms with Gasteiger partial charge in [-0.05, 0) is 31.4 Å². The lowest BCUT2D eigenvalue weighted by Gasteiger charge is -2.41. The van der Waals surface area contributed by atoms with Crippen LogP contribution >= 0.6 is 0 Å². The molecule has 28 heavy (non-hydrogen) atoms. The normalized spacial score (nSPS) is 28.8. The van der Waals surface area contributed by atoms with Gasteiger partial charge in [0.25, 0.3) is 5.91 Å². The quantitative estimate of drug-likeness (QED) is 0.814. The molecule has 0 spiro atoms. The average Bonchev–Trinajstić information content (AvgIpc) is 3.46. The minimum Gasteiger partial charge on any atom is -0.425 e. The standard InChI is InChI=1S/C21H29N5O2/c1-15-22-23-20(28-15)21-9-11-25(19(27)18-8-5-10-24(18)2)12-16(21)13-26(14-21)17-6-3-4-7-17/h5,8,10,16-17H,3-4,6-7,9,11-14H2,1-2H3/t16-,21-/m0/s1. The van der Waals surface area contributed by atoms with E-state index in [0.29, 0.717) is 17.9 Å². The van der Waals surface area contributed by atoms with E-state index < -0.39 is 0 Å². The molecule has 5 rings (SSSR count). The lowest BCUT2D eigenvalue weighted by Crippen LogP contribution is -2.51. The first-order chi connectivity index (χ1) is 13.6. The van der Waals surface area contributed by atoms with Crippen molar-refractivity contribution in [1.82, 2.24) is 24.6 Å². The van der Waals surface area contributed by atoms with Gasteiger partial charge in [-0.1, -0.05) is 12.8 Å². The molecule has 7 nitrogen and oxygen atoms in total. The highest BCUT2D eigenvalue weighted by Gasteiger charge is 2.55. The number of piperidine rings is 1. The summed E-state index contributed by atoms with van der Waals surface area (Å²) < 4.78 is 7.88. The van der Waals surface area contributed by atoms with Crippen molar-refractivity contribution >= 4 is 5.91 Å². The molecule has 0 N–H and O–H groups in total. The third kappa shape index (κ3) is 2.79. The Balaban J connectivity index is 1.43. The molecule has 0 unspecified atom stereocenters. The van der Waals surface area contributed by atoms with Crippen LogP contribution in [-0.2, 0) is 12.5 Å². The Morgan fingerprint density at radius 3 is 2.75 bits per heavy atom. The average molecular weight is 383 g/mol. The summed E-state index contributed by atoms with van der Waals surface area (Å²) in [6, 6.07) is 4.51. The maximum absolute atomic E-state index is 13.1. The van der Waals surface area contributed by atoms with Crippen molar-refractivity contribution < 1.29 is 9.21 Å². The van der Waals surface area contributed by atoms with Crippen LogP contribution in [0.25, 0.3) is 0 Å². The lowest BCUT2D eigenvalue weighted by atomic mass is 9.72. The molecule has 4 heterocycles. The minimum atomic E-state index is -0.116. The maximum atomic E-state index is 13.1. The van der Waals surface area contributed by atoms with Gasteiger partial charge in [0.05, 0.1) is 5.41 Å². The summed E-state index contributed by atoms with van der Waals surface area (Å²) in [5.41, 5.74) is 0.640. The molecule has 2 atom stereocenters. The van der Waals surface area contributed by atoms with Crippen molar-refractivity contribution in [2.45, 2.75) is 50.5 Å². The molecular formula is C21H29N5O2. The molecule has 1 amide bonds. The molecule has 2 saturated heterocycles. The van der Waals surface area contributed by atoms with Crippen molar-refractivity contribution in [2.75, 3.05) is 26.2 Å². The van der Waals surface area contributed by atoms with Gasteiger partial charge in [0.1, 0.15) is 5.69 Å². The summed E-state index contributed by atoms with van der Waals surface area (Å²) in [5.74, 6) is 1.87. The highest BCUT2D eigenvalue weighted by molar-refractivity contribution is 5.92. The second kappa shape index (κ2) is 6.72. The molecule has 2 aromatic rings. The largest absolute Gasteiger partial charge is 0.425 e. The molecule has 1 aliphatic carbocycles. The van der Waals surface area contributed by atoms with Gasteiger partial charge in [-0.3, -0.25) is 9.69 Å². The summed E-state index contributed by atoms with van der Waals surface area (Å²) >= 11 is 0. The Bertz CT molecular complexity index is 868. The predicted octanol–water partition coefficient (Wildman–Crippen LogP) is 2.37. The lowest BCUT2D eigenvalue weighted by molar-refractivity contribution is 0.0559. The number of aromatic nitrogens is 3. The Labute approximate surface area is 165 Å². The number of carbonyl (C=O) groups is 1. The molecule has 3 fully saturated rings. The van der Waals surface area contributed by atoms with Crippen LogP contribution in [0.2, 0.25) is 0 Å². The third-order valence-electron chi connectivity index (χ3n) is 7.23. The zero-order valence-corrected chi connectivity index (χ0v) is 16.8. The van der Waals surface area contributed by atoms with E-state index in [4.69, 9.17) is 4.42 Å². The Kier molecular flexibility index (Phi) is 4.30. The van der Waals surface area contributed by atoms with Gasteiger partial charge in [0, 0.05) is 58.3 Å². The number of hydrogen-bond donors (Lipinski definition) is 0. The Hall–Kier alpha value is -2.15. The first-order valence-electron chi connectivity index (χ1n) is 10.5. The van der Waals surface area contributed by atoms with E-state index in [2.05, 4.69) is 15.1 Å². The van der Waals surface area contributed by atoms with Crippen LogP contribution in [0.3, 0.4) is 0 Å². The highest BCUT2D eigenvalue weighted by Crippen LogP contribution is 2.46. The summed E-state index contributed by atoms with van der Waals surface area (Å²) in [5, 5.41) is 8.57. The molecule has 0 radical (unpaired) electrons.